The molecule has 1 aliphatic heterocycles. The van der Waals surface area contributed by atoms with Crippen LogP contribution in [0.5, 0.6) is 0 Å². The van der Waals surface area contributed by atoms with Crippen LogP contribution in [0, 0.1) is 6.92 Å². The molecule has 42 heavy (non-hydrogen) atoms. The van der Waals surface area contributed by atoms with Gasteiger partial charge in [-0.05, 0) is 99.8 Å². The van der Waals surface area contributed by atoms with Crippen molar-refractivity contribution in [3.05, 3.63) is 89.6 Å². The van der Waals surface area contributed by atoms with Crippen LogP contribution in [0.1, 0.15) is 59.3 Å². The van der Waals surface area contributed by atoms with Gasteiger partial charge in [0.25, 0.3) is 5.91 Å². The fraction of sp³-hybridized carbons (Fsp3) is 0.323. The lowest BCUT2D eigenvalue weighted by molar-refractivity contribution is -0.137. The zero-order chi connectivity index (χ0) is 29.7. The monoisotopic (exact) mass is 575 g/mol. The molecule has 0 saturated carbocycles. The zero-order valence-corrected chi connectivity index (χ0v) is 23.4. The summed E-state index contributed by atoms with van der Waals surface area (Å²) in [6.07, 6.45) is 4.42. The summed E-state index contributed by atoms with van der Waals surface area (Å²) in [4.78, 5) is 32.8. The maximum absolute atomic E-state index is 13.8. The first-order valence-corrected chi connectivity index (χ1v) is 13.9. The van der Waals surface area contributed by atoms with E-state index in [0.29, 0.717) is 28.6 Å². The number of hydrogen-bond acceptors (Lipinski definition) is 7. The molecule has 0 atom stereocenters. The fourth-order valence-corrected chi connectivity index (χ4v) is 5.13. The predicted octanol–water partition coefficient (Wildman–Crippen LogP) is 6.85. The van der Waals surface area contributed by atoms with E-state index in [1.54, 1.807) is 43.7 Å². The van der Waals surface area contributed by atoms with Crippen LogP contribution in [0.3, 0.4) is 0 Å². The molecular formula is C31H32F3N7O. The van der Waals surface area contributed by atoms with E-state index in [4.69, 9.17) is 0 Å². The molecule has 0 bridgehead atoms. The Balaban J connectivity index is 1.35. The summed E-state index contributed by atoms with van der Waals surface area (Å²) in [6, 6.07) is 10.9. The molecule has 8 nitrogen and oxygen atoms in total. The Morgan fingerprint density at radius 1 is 1.05 bits per heavy atom. The van der Waals surface area contributed by atoms with Crippen molar-refractivity contribution in [3.63, 3.8) is 0 Å². The molecule has 1 saturated heterocycles. The van der Waals surface area contributed by atoms with Crippen molar-refractivity contribution in [1.82, 2.24) is 24.8 Å². The Morgan fingerprint density at radius 3 is 2.57 bits per heavy atom. The van der Waals surface area contributed by atoms with Gasteiger partial charge in [-0.3, -0.25) is 14.8 Å². The molecule has 3 aromatic heterocycles. The number of aromatic nitrogens is 4. The Morgan fingerprint density at radius 2 is 1.86 bits per heavy atom. The molecule has 5 rings (SSSR count). The van der Waals surface area contributed by atoms with Gasteiger partial charge in [0, 0.05) is 36.0 Å². The number of carbonyl (C=O) groups is 1. The summed E-state index contributed by atoms with van der Waals surface area (Å²) >= 11 is 0. The van der Waals surface area contributed by atoms with E-state index in [1.807, 2.05) is 12.1 Å². The first-order valence-electron chi connectivity index (χ1n) is 13.9. The van der Waals surface area contributed by atoms with Crippen molar-refractivity contribution < 1.29 is 18.0 Å². The van der Waals surface area contributed by atoms with E-state index in [-0.39, 0.29) is 17.2 Å². The summed E-state index contributed by atoms with van der Waals surface area (Å²) in [5.41, 5.74) is 2.66. The van der Waals surface area contributed by atoms with Gasteiger partial charge in [-0.2, -0.15) is 13.2 Å². The molecule has 11 heteroatoms. The molecule has 218 valence electrons. The van der Waals surface area contributed by atoms with E-state index in [1.165, 1.54) is 12.3 Å². The lowest BCUT2D eigenvalue weighted by atomic mass is 9.88. The van der Waals surface area contributed by atoms with E-state index in [9.17, 15) is 18.0 Å². The van der Waals surface area contributed by atoms with Crippen molar-refractivity contribution in [2.75, 3.05) is 30.3 Å². The van der Waals surface area contributed by atoms with Gasteiger partial charge >= 0.3 is 6.18 Å². The predicted molar refractivity (Wildman–Crippen MR) is 156 cm³/mol. The number of anilines is 3. The smallest absolute Gasteiger partial charge is 0.323 e. The standard InChI is InChI=1S/C31H32F3N7O/c1-3-11-41-12-7-21(8-13-41)23-14-25(31(32,33)34)17-26(15-23)38-29(42)24-16-28(20(2)37-19-24)40-30-36-10-6-27(39-30)22-5-4-9-35-18-22/h4-6,9-10,14-19,21H,3,7-8,11-13H2,1-2H3,(H,38,42)(H,36,39,40). The van der Waals surface area contributed by atoms with E-state index in [0.717, 1.165) is 50.5 Å². The van der Waals surface area contributed by atoms with Crippen LogP contribution < -0.4 is 10.6 Å². The first-order chi connectivity index (χ1) is 20.2. The molecule has 1 aliphatic rings. The third kappa shape index (κ3) is 7.09. The summed E-state index contributed by atoms with van der Waals surface area (Å²) in [5, 5.41) is 5.76. The van der Waals surface area contributed by atoms with Crippen molar-refractivity contribution in [3.8, 4) is 11.3 Å². The minimum absolute atomic E-state index is 0.00432. The molecule has 2 N–H and O–H groups in total. The number of aryl methyl sites for hydroxylation is 1. The molecule has 0 aliphatic carbocycles. The number of carbonyl (C=O) groups excluding carboxylic acids is 1. The molecule has 1 aromatic carbocycles. The van der Waals surface area contributed by atoms with Crippen molar-refractivity contribution in [1.29, 1.82) is 0 Å². The number of hydrogen-bond donors (Lipinski definition) is 2. The lowest BCUT2D eigenvalue weighted by Crippen LogP contribution is -2.33. The number of amides is 1. The second-order valence-corrected chi connectivity index (χ2v) is 10.4. The number of nitrogens with zero attached hydrogens (tertiary/aromatic N) is 5. The number of piperidine rings is 1. The Labute approximate surface area is 242 Å². The molecule has 1 fully saturated rings. The van der Waals surface area contributed by atoms with Crippen LogP contribution in [-0.2, 0) is 6.18 Å². The average molecular weight is 576 g/mol. The quantitative estimate of drug-likeness (QED) is 0.237. The number of likely N-dealkylation sites (tertiary alicyclic amines) is 1. The number of rotatable bonds is 8. The molecule has 0 radical (unpaired) electrons. The van der Waals surface area contributed by atoms with Crippen LogP contribution in [0.15, 0.2) is 67.3 Å². The molecule has 0 spiro atoms. The largest absolute Gasteiger partial charge is 0.416 e. The van der Waals surface area contributed by atoms with Gasteiger partial charge in [0.15, 0.2) is 0 Å². The number of benzene rings is 1. The van der Waals surface area contributed by atoms with Gasteiger partial charge in [0.05, 0.1) is 28.2 Å². The SMILES string of the molecule is CCCN1CCC(c2cc(NC(=O)c3cnc(C)c(Nc4nccc(-c5cccnc5)n4)c3)cc(C(F)(F)F)c2)CC1. The first kappa shape index (κ1) is 29.1. The summed E-state index contributed by atoms with van der Waals surface area (Å²) < 4.78 is 41.5. The number of nitrogens with one attached hydrogen (secondary N) is 2. The van der Waals surface area contributed by atoms with E-state index < -0.39 is 17.6 Å². The number of pyridine rings is 2. The van der Waals surface area contributed by atoms with Crippen LogP contribution in [0.25, 0.3) is 11.3 Å². The van der Waals surface area contributed by atoms with Crippen molar-refractivity contribution in [2.24, 2.45) is 0 Å². The van der Waals surface area contributed by atoms with E-state index in [2.05, 4.69) is 42.4 Å². The fourth-order valence-electron chi connectivity index (χ4n) is 5.13. The maximum atomic E-state index is 13.8. The van der Waals surface area contributed by atoms with Crippen LogP contribution in [0.4, 0.5) is 30.5 Å². The normalized spacial score (nSPS) is 14.5. The third-order valence-electron chi connectivity index (χ3n) is 7.35. The molecular weight excluding hydrogens is 543 g/mol. The van der Waals surface area contributed by atoms with Gasteiger partial charge in [-0.25, -0.2) is 9.97 Å². The molecule has 4 heterocycles. The second kappa shape index (κ2) is 12.6. The Hall–Kier alpha value is -4.38. The highest BCUT2D eigenvalue weighted by atomic mass is 19.4. The summed E-state index contributed by atoms with van der Waals surface area (Å²) in [7, 11) is 0. The molecule has 0 unspecified atom stereocenters. The highest BCUT2D eigenvalue weighted by Crippen LogP contribution is 2.37. The van der Waals surface area contributed by atoms with Gasteiger partial charge in [0.2, 0.25) is 5.95 Å². The van der Waals surface area contributed by atoms with Crippen molar-refractivity contribution >= 4 is 23.2 Å². The third-order valence-corrected chi connectivity index (χ3v) is 7.35. The topological polar surface area (TPSA) is 95.9 Å². The summed E-state index contributed by atoms with van der Waals surface area (Å²) in [6.45, 7) is 6.55. The highest BCUT2D eigenvalue weighted by Gasteiger charge is 2.32. The molecule has 4 aromatic rings. The molecule has 1 amide bonds. The average Bonchev–Trinajstić information content (AvgIpc) is 2.99. The number of halogens is 3. The Bertz CT molecular complexity index is 1540. The minimum Gasteiger partial charge on any atom is -0.323 e. The zero-order valence-electron chi connectivity index (χ0n) is 23.4. The van der Waals surface area contributed by atoms with Crippen LogP contribution in [-0.4, -0.2) is 50.4 Å². The van der Waals surface area contributed by atoms with E-state index >= 15 is 0 Å². The van der Waals surface area contributed by atoms with Crippen LogP contribution >= 0.6 is 0 Å². The number of alkyl halides is 3. The van der Waals surface area contributed by atoms with Gasteiger partial charge < -0.3 is 15.5 Å². The highest BCUT2D eigenvalue weighted by molar-refractivity contribution is 6.04. The summed E-state index contributed by atoms with van der Waals surface area (Å²) in [5.74, 6) is -0.278. The van der Waals surface area contributed by atoms with Gasteiger partial charge in [-0.1, -0.05) is 6.92 Å². The van der Waals surface area contributed by atoms with Gasteiger partial charge in [-0.15, -0.1) is 0 Å². The minimum atomic E-state index is -4.54. The van der Waals surface area contributed by atoms with Crippen molar-refractivity contribution in [2.45, 2.75) is 45.2 Å². The van der Waals surface area contributed by atoms with Crippen LogP contribution in [0.2, 0.25) is 0 Å². The Kier molecular flexibility index (Phi) is 8.77. The van der Waals surface area contributed by atoms with Gasteiger partial charge in [0.1, 0.15) is 0 Å². The maximum Gasteiger partial charge on any atom is 0.416 e. The lowest BCUT2D eigenvalue weighted by Gasteiger charge is -2.32. The second-order valence-electron chi connectivity index (χ2n) is 10.4.